The average molecular weight is 277 g/mol. The normalized spacial score (nSPS) is 45.4. The first kappa shape index (κ1) is 12.8. The van der Waals surface area contributed by atoms with Crippen molar-refractivity contribution in [3.63, 3.8) is 0 Å². The Hall–Kier alpha value is -1.24. The van der Waals surface area contributed by atoms with Gasteiger partial charge in [-0.25, -0.2) is 4.99 Å². The number of nitrogens with one attached hydrogen (secondary N) is 1. The highest BCUT2D eigenvalue weighted by molar-refractivity contribution is 8.00. The third-order valence-electron chi connectivity index (χ3n) is 5.37. The van der Waals surface area contributed by atoms with Crippen LogP contribution in [-0.4, -0.2) is 23.3 Å². The highest BCUT2D eigenvalue weighted by atomic mass is 32.2. The molecule has 1 aliphatic carbocycles. The van der Waals surface area contributed by atoms with Crippen molar-refractivity contribution in [3.8, 4) is 12.1 Å². The number of nitrogens with two attached hydrogens (primary N) is 1. The first-order valence-electron chi connectivity index (χ1n) is 6.59. The fraction of sp³-hybridized carbons (Fsp3) is 0.769. The van der Waals surface area contributed by atoms with Crippen LogP contribution in [0.15, 0.2) is 0 Å². The molecule has 19 heavy (non-hydrogen) atoms. The van der Waals surface area contributed by atoms with Gasteiger partial charge in [0.15, 0.2) is 10.8 Å². The van der Waals surface area contributed by atoms with Crippen LogP contribution in [0, 0.1) is 38.9 Å². The molecule has 1 saturated heterocycles. The zero-order valence-corrected chi connectivity index (χ0v) is 11.9. The van der Waals surface area contributed by atoms with Gasteiger partial charge in [-0.05, 0) is 12.8 Å². The van der Waals surface area contributed by atoms with E-state index in [2.05, 4.69) is 17.1 Å². The molecule has 2 fully saturated rings. The topological polar surface area (TPSA) is 96.8 Å². The second kappa shape index (κ2) is 3.45. The number of nitrogens with zero attached hydrogens (tertiary/aromatic N) is 2. The number of hydrogen-bond donors (Lipinski definition) is 2. The molecule has 100 valence electrons. The summed E-state index contributed by atoms with van der Waals surface area (Å²) in [4.78, 5) is 3.13. The van der Waals surface area contributed by atoms with Crippen molar-refractivity contribution in [1.29, 1.82) is 10.5 Å². The van der Waals surface area contributed by atoms with E-state index in [9.17, 15) is 10.5 Å². The first-order chi connectivity index (χ1) is 9.08. The number of ether oxygens (including phenoxy) is 1. The Bertz CT molecular complexity index is 550. The number of nitriles is 2. The van der Waals surface area contributed by atoms with Gasteiger partial charge in [-0.3, -0.25) is 5.73 Å². The summed E-state index contributed by atoms with van der Waals surface area (Å²) in [6.45, 7) is 4.64. The number of amidine groups is 1. The van der Waals surface area contributed by atoms with Crippen LogP contribution in [0.1, 0.15) is 26.7 Å². The van der Waals surface area contributed by atoms with Gasteiger partial charge in [-0.2, -0.15) is 10.5 Å². The highest BCUT2D eigenvalue weighted by Gasteiger charge is 3.02. The van der Waals surface area contributed by atoms with Crippen molar-refractivity contribution in [3.05, 3.63) is 0 Å². The van der Waals surface area contributed by atoms with E-state index >= 15 is 0 Å². The summed E-state index contributed by atoms with van der Waals surface area (Å²) in [6.07, 6.45) is 1.50. The van der Waals surface area contributed by atoms with Crippen LogP contribution in [0.25, 0.3) is 0 Å². The average Bonchev–Trinajstić information content (AvgIpc) is 2.65. The number of rotatable bonds is 2. The van der Waals surface area contributed by atoms with E-state index in [0.29, 0.717) is 12.4 Å². The van der Waals surface area contributed by atoms with E-state index < -0.39 is 21.3 Å². The quantitative estimate of drug-likeness (QED) is 0.722. The van der Waals surface area contributed by atoms with Crippen LogP contribution in [0.3, 0.4) is 0 Å². The molecule has 3 rings (SSSR count). The lowest BCUT2D eigenvalue weighted by atomic mass is 9.85. The number of fused-ring (bicyclic) bond motifs is 2. The molecule has 6 heteroatoms. The molecule has 2 heterocycles. The van der Waals surface area contributed by atoms with Crippen LogP contribution in [0.2, 0.25) is 0 Å². The molecule has 0 amide bonds. The van der Waals surface area contributed by atoms with Crippen molar-refractivity contribution in [2.45, 2.75) is 31.7 Å². The summed E-state index contributed by atoms with van der Waals surface area (Å²) >= 11 is 1.57. The Labute approximate surface area is 116 Å². The van der Waals surface area contributed by atoms with Crippen molar-refractivity contribution in [2.24, 2.45) is 22.0 Å². The Kier molecular flexibility index (Phi) is 2.32. The van der Waals surface area contributed by atoms with Crippen molar-refractivity contribution in [2.75, 3.05) is 12.4 Å². The molecule has 0 aromatic carbocycles. The van der Waals surface area contributed by atoms with Crippen LogP contribution < -0.4 is 10.7 Å². The zero-order chi connectivity index (χ0) is 13.9. The van der Waals surface area contributed by atoms with Gasteiger partial charge in [0.25, 0.3) is 10.9 Å². The smallest absolute Gasteiger partial charge is 0.277 e. The lowest BCUT2D eigenvalue weighted by Crippen LogP contribution is -2.88. The maximum atomic E-state index is 9.90. The molecule has 3 aliphatic rings. The zero-order valence-electron chi connectivity index (χ0n) is 11.1. The van der Waals surface area contributed by atoms with Crippen LogP contribution >= 0.6 is 11.8 Å². The third-order valence-corrected chi connectivity index (χ3v) is 6.67. The van der Waals surface area contributed by atoms with E-state index in [4.69, 9.17) is 10.5 Å². The monoisotopic (exact) mass is 277 g/mol. The van der Waals surface area contributed by atoms with Crippen molar-refractivity contribution < 1.29 is 9.73 Å². The largest absolute Gasteiger partial charge is 0.327 e. The first-order valence-corrected chi connectivity index (χ1v) is 7.58. The number of hydrogen-bond acceptors (Lipinski definition) is 5. The molecule has 3 N–H and O–H groups in total. The molecule has 1 saturated carbocycles. The van der Waals surface area contributed by atoms with Crippen LogP contribution in [-0.2, 0) is 4.74 Å². The second-order valence-electron chi connectivity index (χ2n) is 5.37. The predicted molar refractivity (Wildman–Crippen MR) is 70.4 cm³/mol. The van der Waals surface area contributed by atoms with Gasteiger partial charge in [-0.1, -0.05) is 25.6 Å². The Morgan fingerprint density at radius 1 is 1.37 bits per heavy atom. The van der Waals surface area contributed by atoms with Gasteiger partial charge < -0.3 is 4.74 Å². The van der Waals surface area contributed by atoms with E-state index in [1.54, 1.807) is 11.8 Å². The summed E-state index contributed by atoms with van der Waals surface area (Å²) in [5, 5.41) is 18.8. The number of thioether (sulfide) groups is 1. The highest BCUT2D eigenvalue weighted by Crippen LogP contribution is 2.86. The molecular formula is C13H17N4OS+. The molecule has 0 bridgehead atoms. The SMILES string of the molecule is CCC1(CC)[C@]2(C#N)[C@@]3([NH+]=C(N)[C@]12C#N)OCCS3. The van der Waals surface area contributed by atoms with Gasteiger partial charge in [0.2, 0.25) is 0 Å². The molecule has 0 unspecified atom stereocenters. The summed E-state index contributed by atoms with van der Waals surface area (Å²) in [5.41, 5.74) is 3.94. The standard InChI is InChI=1S/C13H16N4OS/c1-3-10(4-2)11(7-14)9(16)17-13(12(10,11)8-15)18-5-6-19-13/h3-6H2,1-2H3,(H2,16,17)/p+1/t11-,12+,13-/m1/s1. The van der Waals surface area contributed by atoms with Crippen LogP contribution in [0.4, 0.5) is 0 Å². The molecule has 0 radical (unpaired) electrons. The second-order valence-corrected chi connectivity index (χ2v) is 6.64. The van der Waals surface area contributed by atoms with E-state index in [-0.39, 0.29) is 0 Å². The fourth-order valence-corrected chi connectivity index (χ4v) is 6.02. The molecule has 3 atom stereocenters. The minimum Gasteiger partial charge on any atom is -0.327 e. The van der Waals surface area contributed by atoms with Crippen molar-refractivity contribution in [1.82, 2.24) is 0 Å². The molecule has 0 aromatic heterocycles. The fourth-order valence-electron chi connectivity index (χ4n) is 4.61. The van der Waals surface area contributed by atoms with Crippen LogP contribution in [0.5, 0.6) is 0 Å². The lowest BCUT2D eigenvalue weighted by molar-refractivity contribution is -0.585. The van der Waals surface area contributed by atoms with Gasteiger partial charge in [0.05, 0.1) is 18.7 Å². The molecule has 0 aromatic rings. The van der Waals surface area contributed by atoms with E-state index in [1.807, 2.05) is 13.8 Å². The van der Waals surface area contributed by atoms with E-state index in [1.165, 1.54) is 0 Å². The van der Waals surface area contributed by atoms with Gasteiger partial charge >= 0.3 is 0 Å². The van der Waals surface area contributed by atoms with Gasteiger partial charge in [0.1, 0.15) is 0 Å². The third kappa shape index (κ3) is 0.871. The summed E-state index contributed by atoms with van der Waals surface area (Å²) in [6, 6.07) is 4.79. The summed E-state index contributed by atoms with van der Waals surface area (Å²) in [7, 11) is 0. The Balaban J connectivity index is 2.29. The molecule has 5 nitrogen and oxygen atoms in total. The van der Waals surface area contributed by atoms with Crippen molar-refractivity contribution >= 4 is 17.6 Å². The minimum atomic E-state index is -0.921. The molecular weight excluding hydrogens is 260 g/mol. The summed E-state index contributed by atoms with van der Waals surface area (Å²) in [5.74, 6) is 1.23. The minimum absolute atomic E-state index is 0.407. The molecule has 2 aliphatic heterocycles. The summed E-state index contributed by atoms with van der Waals surface area (Å²) < 4.78 is 5.88. The van der Waals surface area contributed by atoms with Gasteiger partial charge in [-0.15, -0.1) is 0 Å². The lowest BCUT2D eigenvalue weighted by Gasteiger charge is -2.28. The van der Waals surface area contributed by atoms with E-state index in [0.717, 1.165) is 18.6 Å². The maximum Gasteiger partial charge on any atom is 0.277 e. The Morgan fingerprint density at radius 2 is 2.05 bits per heavy atom. The Morgan fingerprint density at radius 3 is 2.42 bits per heavy atom. The maximum absolute atomic E-state index is 9.90. The van der Waals surface area contributed by atoms with Gasteiger partial charge in [0, 0.05) is 11.2 Å². The predicted octanol–water partition coefficient (Wildman–Crippen LogP) is -0.305. The molecule has 1 spiro atoms.